The van der Waals surface area contributed by atoms with E-state index in [9.17, 15) is 4.79 Å². The van der Waals surface area contributed by atoms with Gasteiger partial charge in [0.1, 0.15) is 24.7 Å². The molecule has 2 N–H and O–H groups in total. The summed E-state index contributed by atoms with van der Waals surface area (Å²) in [7, 11) is -1.16. The predicted octanol–water partition coefficient (Wildman–Crippen LogP) is 3.05. The standard InChI is InChI=1S/C20H29N7O4Si/c1-32(2,3)9-8-30-13-27-11-15(18-22-12-23-25-18)17-19(27)21-10-16(24-17)31-14-4-6-26(7-5-14)20(28)29/h10-12,14H,4-9,13H2,1-3H3,(H,28,29)(H,22,23,25). The Bertz CT molecular complexity index is 1060. The molecule has 4 heterocycles. The summed E-state index contributed by atoms with van der Waals surface area (Å²) in [6, 6.07) is 1.09. The summed E-state index contributed by atoms with van der Waals surface area (Å²) in [5.41, 5.74) is 2.10. The minimum Gasteiger partial charge on any atom is -0.473 e. The largest absolute Gasteiger partial charge is 0.473 e. The molecule has 0 bridgehead atoms. The van der Waals surface area contributed by atoms with Crippen molar-refractivity contribution in [2.24, 2.45) is 0 Å². The second kappa shape index (κ2) is 9.24. The van der Waals surface area contributed by atoms with Crippen LogP contribution in [0.5, 0.6) is 5.88 Å². The predicted molar refractivity (Wildman–Crippen MR) is 120 cm³/mol. The fraction of sp³-hybridized carbons (Fsp3) is 0.550. The summed E-state index contributed by atoms with van der Waals surface area (Å²) in [5.74, 6) is 1.00. The van der Waals surface area contributed by atoms with Gasteiger partial charge in [0.2, 0.25) is 5.88 Å². The smallest absolute Gasteiger partial charge is 0.407 e. The quantitative estimate of drug-likeness (QED) is 0.388. The average molecular weight is 460 g/mol. The lowest BCUT2D eigenvalue weighted by Gasteiger charge is -2.29. The summed E-state index contributed by atoms with van der Waals surface area (Å²) in [6.45, 7) is 8.94. The third-order valence-corrected chi connectivity index (χ3v) is 7.14. The van der Waals surface area contributed by atoms with Gasteiger partial charge in [0.25, 0.3) is 0 Å². The number of aromatic nitrogens is 6. The van der Waals surface area contributed by atoms with E-state index in [0.29, 0.717) is 62.1 Å². The van der Waals surface area contributed by atoms with Crippen molar-refractivity contribution in [3.05, 3.63) is 18.7 Å². The fourth-order valence-electron chi connectivity index (χ4n) is 3.58. The van der Waals surface area contributed by atoms with Crippen LogP contribution in [-0.2, 0) is 11.5 Å². The number of nitrogens with one attached hydrogen (secondary N) is 1. The van der Waals surface area contributed by atoms with Gasteiger partial charge < -0.3 is 24.0 Å². The number of aromatic amines is 1. The lowest BCUT2D eigenvalue weighted by molar-refractivity contribution is 0.0865. The van der Waals surface area contributed by atoms with E-state index in [2.05, 4.69) is 39.8 Å². The summed E-state index contributed by atoms with van der Waals surface area (Å²) in [5, 5.41) is 15.9. The molecule has 1 amide bonds. The molecule has 0 atom stereocenters. The highest BCUT2D eigenvalue weighted by molar-refractivity contribution is 6.76. The van der Waals surface area contributed by atoms with Crippen molar-refractivity contribution in [2.45, 2.75) is 51.4 Å². The SMILES string of the molecule is C[Si](C)(C)CCOCn1cc(-c2ncn[nH]2)c2nc(OC3CCN(C(=O)O)CC3)cnc21. The number of nitrogens with zero attached hydrogens (tertiary/aromatic N) is 6. The highest BCUT2D eigenvalue weighted by Gasteiger charge is 2.24. The van der Waals surface area contributed by atoms with E-state index < -0.39 is 14.2 Å². The lowest BCUT2D eigenvalue weighted by atomic mass is 10.1. The zero-order valence-electron chi connectivity index (χ0n) is 18.6. The topological polar surface area (TPSA) is 131 Å². The van der Waals surface area contributed by atoms with Crippen LogP contribution in [0, 0.1) is 0 Å². The first-order valence-corrected chi connectivity index (χ1v) is 14.4. The van der Waals surface area contributed by atoms with Crippen molar-refractivity contribution >= 4 is 25.3 Å². The van der Waals surface area contributed by atoms with E-state index in [1.54, 1.807) is 6.20 Å². The number of H-pyrrole nitrogens is 1. The molecule has 3 aromatic heterocycles. The molecule has 32 heavy (non-hydrogen) atoms. The molecule has 11 nitrogen and oxygen atoms in total. The molecule has 0 unspecified atom stereocenters. The van der Waals surface area contributed by atoms with Gasteiger partial charge in [-0.3, -0.25) is 5.10 Å². The minimum atomic E-state index is -1.16. The average Bonchev–Trinajstić information content (AvgIpc) is 3.39. The number of hydrogen-bond donors (Lipinski definition) is 2. The summed E-state index contributed by atoms with van der Waals surface area (Å²) >= 11 is 0. The molecule has 3 aromatic rings. The Kier molecular flexibility index (Phi) is 6.42. The number of amides is 1. The van der Waals surface area contributed by atoms with Crippen molar-refractivity contribution in [3.8, 4) is 17.3 Å². The molecule has 0 aliphatic carbocycles. The van der Waals surface area contributed by atoms with Gasteiger partial charge in [-0.25, -0.2) is 19.7 Å². The van der Waals surface area contributed by atoms with Crippen LogP contribution in [0.2, 0.25) is 25.7 Å². The molecule has 4 rings (SSSR count). The lowest BCUT2D eigenvalue weighted by Crippen LogP contribution is -2.41. The number of carbonyl (C=O) groups is 1. The maximum absolute atomic E-state index is 11.1. The third kappa shape index (κ3) is 5.25. The molecule has 1 aliphatic rings. The Morgan fingerprint density at radius 1 is 1.28 bits per heavy atom. The number of ether oxygens (including phenoxy) is 2. The molecule has 0 spiro atoms. The monoisotopic (exact) mass is 459 g/mol. The molecule has 0 aromatic carbocycles. The molecule has 172 valence electrons. The zero-order valence-corrected chi connectivity index (χ0v) is 19.6. The Balaban J connectivity index is 1.52. The molecule has 1 aliphatic heterocycles. The first-order chi connectivity index (χ1) is 15.3. The Labute approximate surface area is 186 Å². The van der Waals surface area contributed by atoms with Crippen LogP contribution in [-0.4, -0.2) is 79.7 Å². The molecule has 1 fully saturated rings. The van der Waals surface area contributed by atoms with Crippen molar-refractivity contribution in [2.75, 3.05) is 19.7 Å². The van der Waals surface area contributed by atoms with E-state index in [1.165, 1.54) is 11.2 Å². The van der Waals surface area contributed by atoms with Gasteiger partial charge in [0, 0.05) is 46.8 Å². The second-order valence-corrected chi connectivity index (χ2v) is 14.8. The molecular formula is C20H29N7O4Si. The summed E-state index contributed by atoms with van der Waals surface area (Å²) < 4.78 is 13.9. The third-order valence-electron chi connectivity index (χ3n) is 5.44. The van der Waals surface area contributed by atoms with Crippen molar-refractivity contribution in [1.82, 2.24) is 34.6 Å². The van der Waals surface area contributed by atoms with Gasteiger partial charge in [-0.15, -0.1) is 0 Å². The maximum atomic E-state index is 11.1. The van der Waals surface area contributed by atoms with Gasteiger partial charge >= 0.3 is 6.09 Å². The van der Waals surface area contributed by atoms with E-state index >= 15 is 0 Å². The van der Waals surface area contributed by atoms with Crippen LogP contribution in [0.15, 0.2) is 18.7 Å². The van der Waals surface area contributed by atoms with Crippen LogP contribution in [0.1, 0.15) is 12.8 Å². The zero-order chi connectivity index (χ0) is 22.7. The summed E-state index contributed by atoms with van der Waals surface area (Å²) in [4.78, 5) is 26.0. The Morgan fingerprint density at radius 2 is 2.06 bits per heavy atom. The second-order valence-electron chi connectivity index (χ2n) is 9.16. The van der Waals surface area contributed by atoms with E-state index in [1.807, 2.05) is 10.8 Å². The molecule has 1 saturated heterocycles. The highest BCUT2D eigenvalue weighted by atomic mass is 28.3. The number of hydrogen-bond acceptors (Lipinski definition) is 7. The van der Waals surface area contributed by atoms with Crippen molar-refractivity contribution in [1.29, 1.82) is 0 Å². The van der Waals surface area contributed by atoms with E-state index in [0.717, 1.165) is 11.6 Å². The first kappa shape index (κ1) is 22.2. The van der Waals surface area contributed by atoms with Gasteiger partial charge in [-0.2, -0.15) is 5.10 Å². The first-order valence-electron chi connectivity index (χ1n) is 10.7. The number of carboxylic acid groups (broad SMARTS) is 1. The van der Waals surface area contributed by atoms with Gasteiger partial charge in [0.15, 0.2) is 11.5 Å². The highest BCUT2D eigenvalue weighted by Crippen LogP contribution is 2.28. The van der Waals surface area contributed by atoms with Crippen LogP contribution in [0.3, 0.4) is 0 Å². The van der Waals surface area contributed by atoms with Crippen LogP contribution >= 0.6 is 0 Å². The molecular weight excluding hydrogens is 430 g/mol. The minimum absolute atomic E-state index is 0.0990. The number of piperidine rings is 1. The van der Waals surface area contributed by atoms with E-state index in [4.69, 9.17) is 19.6 Å². The van der Waals surface area contributed by atoms with Crippen molar-refractivity contribution in [3.63, 3.8) is 0 Å². The van der Waals surface area contributed by atoms with Crippen LogP contribution < -0.4 is 4.74 Å². The number of fused-ring (bicyclic) bond motifs is 1. The summed E-state index contributed by atoms with van der Waals surface area (Å²) in [6.07, 6.45) is 5.21. The van der Waals surface area contributed by atoms with Gasteiger partial charge in [-0.1, -0.05) is 19.6 Å². The maximum Gasteiger partial charge on any atom is 0.407 e. The van der Waals surface area contributed by atoms with Crippen LogP contribution in [0.4, 0.5) is 4.79 Å². The Morgan fingerprint density at radius 3 is 2.72 bits per heavy atom. The number of likely N-dealkylation sites (tertiary alicyclic amines) is 1. The Hall–Kier alpha value is -2.99. The van der Waals surface area contributed by atoms with Gasteiger partial charge in [-0.05, 0) is 6.04 Å². The molecule has 0 radical (unpaired) electrons. The molecule has 12 heteroatoms. The number of rotatable bonds is 8. The van der Waals surface area contributed by atoms with Crippen molar-refractivity contribution < 1.29 is 19.4 Å². The van der Waals surface area contributed by atoms with Crippen LogP contribution in [0.25, 0.3) is 22.6 Å². The normalized spacial score (nSPS) is 15.4. The fourth-order valence-corrected chi connectivity index (χ4v) is 4.33. The van der Waals surface area contributed by atoms with E-state index in [-0.39, 0.29) is 6.10 Å². The molecule has 0 saturated carbocycles. The van der Waals surface area contributed by atoms with Gasteiger partial charge in [0.05, 0.1) is 11.8 Å².